The van der Waals surface area contributed by atoms with Gasteiger partial charge in [-0.25, -0.2) is 4.99 Å². The second kappa shape index (κ2) is 13.4. The Kier molecular flexibility index (Phi) is 7.53. The summed E-state index contributed by atoms with van der Waals surface area (Å²) in [7, 11) is 0. The van der Waals surface area contributed by atoms with Gasteiger partial charge in [0.2, 0.25) is 0 Å². The zero-order valence-corrected chi connectivity index (χ0v) is 31.8. The van der Waals surface area contributed by atoms with Crippen LogP contribution in [0.25, 0.3) is 71.5 Å². The summed E-state index contributed by atoms with van der Waals surface area (Å²) < 4.78 is 13.0. The van der Waals surface area contributed by atoms with E-state index in [1.54, 1.807) is 0 Å². The second-order valence-electron chi connectivity index (χ2n) is 15.2. The first-order valence-electron chi connectivity index (χ1n) is 20.0. The van der Waals surface area contributed by atoms with Crippen LogP contribution in [0.3, 0.4) is 0 Å². The molecule has 0 amide bonds. The first-order valence-corrected chi connectivity index (χ1v) is 20.0. The van der Waals surface area contributed by atoms with Crippen molar-refractivity contribution in [2.45, 2.75) is 6.04 Å². The highest BCUT2D eigenvalue weighted by atomic mass is 16.3. The van der Waals surface area contributed by atoms with Crippen LogP contribution in [0.2, 0.25) is 0 Å². The molecule has 2 aromatic heterocycles. The van der Waals surface area contributed by atoms with E-state index in [0.29, 0.717) is 0 Å². The molecule has 0 spiro atoms. The maximum atomic E-state index is 6.84. The Hall–Kier alpha value is -7.89. The van der Waals surface area contributed by atoms with Gasteiger partial charge in [-0.15, -0.1) is 0 Å². The predicted molar refractivity (Wildman–Crippen MR) is 244 cm³/mol. The van der Waals surface area contributed by atoms with E-state index in [1.807, 2.05) is 18.2 Å². The average molecular weight is 758 g/mol. The third-order valence-corrected chi connectivity index (χ3v) is 11.7. The molecule has 2 aliphatic rings. The largest absolute Gasteiger partial charge is 0.456 e. The molecule has 1 aliphatic heterocycles. The standard InChI is InChI=1S/C54H35N3O2/c1-3-14-36(15-4-1)52-43-20-9-11-21-47(43)55-54(56-52)37-31-44(53-46(32-37)51-41-18-8-7-13-34(41)25-29-50(51)59-53)35-23-26-39(27-24-35)57(38-16-5-2-6-17-38)40-28-30-49-45(33-40)42-19-10-12-22-48(42)58-49/h1-33,47H,(H,55,56). The molecule has 0 saturated heterocycles. The number of amidine groups is 1. The number of fused-ring (bicyclic) bond motifs is 9. The summed E-state index contributed by atoms with van der Waals surface area (Å²) in [6.45, 7) is 0. The Labute approximate surface area is 340 Å². The Morgan fingerprint density at radius 3 is 2.07 bits per heavy atom. The van der Waals surface area contributed by atoms with Gasteiger partial charge >= 0.3 is 0 Å². The number of nitrogens with one attached hydrogen (secondary N) is 1. The Balaban J connectivity index is 1.04. The summed E-state index contributed by atoms with van der Waals surface area (Å²) in [6, 6.07) is 61.7. The summed E-state index contributed by atoms with van der Waals surface area (Å²) in [5.74, 6) is 0.823. The lowest BCUT2D eigenvalue weighted by Gasteiger charge is -2.28. The van der Waals surface area contributed by atoms with E-state index in [4.69, 9.17) is 13.8 Å². The molecule has 59 heavy (non-hydrogen) atoms. The average Bonchev–Trinajstić information content (AvgIpc) is 3.88. The minimum Gasteiger partial charge on any atom is -0.456 e. The van der Waals surface area contributed by atoms with Crippen LogP contribution < -0.4 is 10.2 Å². The lowest BCUT2D eigenvalue weighted by Crippen LogP contribution is -2.39. The van der Waals surface area contributed by atoms with Crippen molar-refractivity contribution >= 4 is 83.2 Å². The minimum atomic E-state index is -0.00807. The van der Waals surface area contributed by atoms with Crippen LogP contribution in [0, 0.1) is 0 Å². The minimum absolute atomic E-state index is 0.00807. The van der Waals surface area contributed by atoms with E-state index in [1.165, 1.54) is 5.39 Å². The number of allylic oxidation sites excluding steroid dienone is 2. The summed E-state index contributed by atoms with van der Waals surface area (Å²) in [5, 5.41) is 10.5. The van der Waals surface area contributed by atoms with Crippen LogP contribution in [-0.4, -0.2) is 11.9 Å². The first-order chi connectivity index (χ1) is 29.2. The number of rotatable bonds is 6. The SMILES string of the molecule is C1=CC2=C(c3ccccc3)N=C(c3cc(-c4ccc(N(c5ccccc5)c5ccc6oc7ccccc7c6c5)cc4)c4oc5ccc6ccccc6c5c4c3)NC2C=C1. The van der Waals surface area contributed by atoms with Crippen molar-refractivity contribution in [3.05, 3.63) is 217 Å². The van der Waals surface area contributed by atoms with Crippen molar-refractivity contribution < 1.29 is 8.83 Å². The maximum absolute atomic E-state index is 6.84. The normalized spacial score (nSPS) is 15.0. The number of aliphatic imine (C=N–C) groups is 1. The fourth-order valence-corrected chi connectivity index (χ4v) is 8.89. The molecule has 0 bridgehead atoms. The van der Waals surface area contributed by atoms with Crippen LogP contribution in [-0.2, 0) is 0 Å². The van der Waals surface area contributed by atoms with Crippen molar-refractivity contribution in [2.75, 3.05) is 4.90 Å². The van der Waals surface area contributed by atoms with Gasteiger partial charge in [-0.05, 0) is 83.1 Å². The molecule has 5 heteroatoms. The summed E-state index contributed by atoms with van der Waals surface area (Å²) in [6.07, 6.45) is 8.56. The van der Waals surface area contributed by atoms with E-state index in [0.717, 1.165) is 106 Å². The van der Waals surface area contributed by atoms with Gasteiger partial charge in [-0.3, -0.25) is 0 Å². The Morgan fingerprint density at radius 1 is 0.492 bits per heavy atom. The topological polar surface area (TPSA) is 53.9 Å². The van der Waals surface area contributed by atoms with Crippen LogP contribution in [0.4, 0.5) is 17.1 Å². The Bertz CT molecular complexity index is 3410. The van der Waals surface area contributed by atoms with Gasteiger partial charge in [0.25, 0.3) is 0 Å². The van der Waals surface area contributed by atoms with Crippen LogP contribution in [0.5, 0.6) is 0 Å². The van der Waals surface area contributed by atoms with Crippen LogP contribution >= 0.6 is 0 Å². The van der Waals surface area contributed by atoms with E-state index < -0.39 is 0 Å². The molecule has 3 heterocycles. The molecule has 1 aliphatic carbocycles. The molecule has 5 nitrogen and oxygen atoms in total. The summed E-state index contributed by atoms with van der Waals surface area (Å²) >= 11 is 0. The van der Waals surface area contributed by atoms with Gasteiger partial charge in [0.1, 0.15) is 28.2 Å². The van der Waals surface area contributed by atoms with E-state index in [9.17, 15) is 0 Å². The quantitative estimate of drug-likeness (QED) is 0.184. The number of furan rings is 2. The van der Waals surface area contributed by atoms with Crippen molar-refractivity contribution in [3.63, 3.8) is 0 Å². The molecule has 0 saturated carbocycles. The molecule has 8 aromatic carbocycles. The molecule has 1 atom stereocenters. The monoisotopic (exact) mass is 757 g/mol. The number of anilines is 3. The number of para-hydroxylation sites is 2. The lowest BCUT2D eigenvalue weighted by molar-refractivity contribution is 0.669. The fraction of sp³-hybridized carbons (Fsp3) is 0.0185. The van der Waals surface area contributed by atoms with Crippen molar-refractivity contribution in [1.82, 2.24) is 5.32 Å². The van der Waals surface area contributed by atoms with Gasteiger partial charge in [0, 0.05) is 60.9 Å². The van der Waals surface area contributed by atoms with Crippen LogP contribution in [0.1, 0.15) is 11.1 Å². The molecule has 12 rings (SSSR count). The molecular weight excluding hydrogens is 723 g/mol. The van der Waals surface area contributed by atoms with Gasteiger partial charge in [0.15, 0.2) is 0 Å². The van der Waals surface area contributed by atoms with Gasteiger partial charge in [0.05, 0.1) is 11.7 Å². The van der Waals surface area contributed by atoms with Crippen molar-refractivity contribution in [3.8, 4) is 11.1 Å². The van der Waals surface area contributed by atoms with Gasteiger partial charge in [-0.1, -0.05) is 133 Å². The van der Waals surface area contributed by atoms with E-state index in [-0.39, 0.29) is 6.04 Å². The van der Waals surface area contributed by atoms with Crippen LogP contribution in [0.15, 0.2) is 220 Å². The zero-order valence-electron chi connectivity index (χ0n) is 31.8. The van der Waals surface area contributed by atoms with E-state index >= 15 is 0 Å². The molecule has 0 radical (unpaired) electrons. The predicted octanol–water partition coefficient (Wildman–Crippen LogP) is 14.0. The highest BCUT2D eigenvalue weighted by molar-refractivity contribution is 6.22. The maximum Gasteiger partial charge on any atom is 0.143 e. The highest BCUT2D eigenvalue weighted by Crippen LogP contribution is 2.43. The van der Waals surface area contributed by atoms with Crippen molar-refractivity contribution in [1.29, 1.82) is 0 Å². The fourth-order valence-electron chi connectivity index (χ4n) is 8.89. The van der Waals surface area contributed by atoms with Crippen molar-refractivity contribution in [2.24, 2.45) is 4.99 Å². The molecule has 1 unspecified atom stereocenters. The van der Waals surface area contributed by atoms with E-state index in [2.05, 4.69) is 192 Å². The molecule has 0 fully saturated rings. The summed E-state index contributed by atoms with van der Waals surface area (Å²) in [4.78, 5) is 7.67. The zero-order chi connectivity index (χ0) is 38.9. The first kappa shape index (κ1) is 33.3. The third kappa shape index (κ3) is 5.51. The lowest BCUT2D eigenvalue weighted by atomic mass is 9.93. The summed E-state index contributed by atoms with van der Waals surface area (Å²) in [5.41, 5.74) is 12.9. The van der Waals surface area contributed by atoms with Gasteiger partial charge < -0.3 is 19.1 Å². The number of hydrogen-bond donors (Lipinski definition) is 1. The third-order valence-electron chi connectivity index (χ3n) is 11.7. The van der Waals surface area contributed by atoms with Gasteiger partial charge in [-0.2, -0.15) is 0 Å². The molecule has 1 N–H and O–H groups in total. The molecular formula is C54H35N3O2. The molecule has 278 valence electrons. The number of benzene rings is 8. The number of nitrogens with zero attached hydrogens (tertiary/aromatic N) is 2. The molecule has 10 aromatic rings. The highest BCUT2D eigenvalue weighted by Gasteiger charge is 2.26. The second-order valence-corrected chi connectivity index (χ2v) is 15.2. The smallest absolute Gasteiger partial charge is 0.143 e. The number of hydrogen-bond acceptors (Lipinski definition) is 5. The Morgan fingerprint density at radius 2 is 1.20 bits per heavy atom.